The van der Waals surface area contributed by atoms with E-state index in [1.165, 1.54) is 24.6 Å². The molecule has 0 spiro atoms. The highest BCUT2D eigenvalue weighted by Gasteiger charge is 2.22. The van der Waals surface area contributed by atoms with E-state index in [9.17, 15) is 13.2 Å². The zero-order chi connectivity index (χ0) is 17.7. The predicted octanol–water partition coefficient (Wildman–Crippen LogP) is 2.86. The zero-order valence-electron chi connectivity index (χ0n) is 14.0. The molecule has 5 nitrogen and oxygen atoms in total. The maximum atomic E-state index is 12.3. The molecule has 0 radical (unpaired) electrons. The summed E-state index contributed by atoms with van der Waals surface area (Å²) in [6, 6.07) is 13.0. The first-order valence-electron chi connectivity index (χ1n) is 7.80. The molecule has 0 aliphatic rings. The Morgan fingerprint density at radius 2 is 1.62 bits per heavy atom. The number of anilines is 1. The fourth-order valence-electron chi connectivity index (χ4n) is 2.15. The minimum atomic E-state index is -3.74. The molecule has 1 atom stereocenters. The molecule has 2 N–H and O–H groups in total. The molecule has 0 saturated carbocycles. The van der Waals surface area contributed by atoms with Crippen LogP contribution in [0.25, 0.3) is 0 Å². The number of aryl methyl sites for hydroxylation is 2. The first kappa shape index (κ1) is 18.2. The third-order valence-corrected chi connectivity index (χ3v) is 5.24. The van der Waals surface area contributed by atoms with Crippen molar-refractivity contribution in [2.75, 3.05) is 5.32 Å². The minimum Gasteiger partial charge on any atom is -0.325 e. The SMILES string of the molecule is CCc1ccc(NC(=O)[C@H](C)NS(=O)(=O)c2ccc(C)cc2)cc1. The van der Waals surface area contributed by atoms with E-state index < -0.39 is 22.0 Å². The van der Waals surface area contributed by atoms with E-state index in [1.807, 2.05) is 19.1 Å². The molecule has 0 aliphatic carbocycles. The van der Waals surface area contributed by atoms with Gasteiger partial charge in [-0.2, -0.15) is 4.72 Å². The van der Waals surface area contributed by atoms with Crippen LogP contribution in [0.2, 0.25) is 0 Å². The van der Waals surface area contributed by atoms with E-state index in [2.05, 4.69) is 17.0 Å². The summed E-state index contributed by atoms with van der Waals surface area (Å²) in [5, 5.41) is 2.71. The Bertz CT molecular complexity index is 797. The van der Waals surface area contributed by atoms with Crippen LogP contribution in [0, 0.1) is 6.92 Å². The van der Waals surface area contributed by atoms with Crippen LogP contribution in [-0.4, -0.2) is 20.4 Å². The van der Waals surface area contributed by atoms with Crippen molar-refractivity contribution in [1.82, 2.24) is 4.72 Å². The summed E-state index contributed by atoms with van der Waals surface area (Å²) in [4.78, 5) is 12.3. The Morgan fingerprint density at radius 3 is 2.17 bits per heavy atom. The molecule has 0 fully saturated rings. The van der Waals surface area contributed by atoms with E-state index in [4.69, 9.17) is 0 Å². The topological polar surface area (TPSA) is 75.3 Å². The van der Waals surface area contributed by atoms with E-state index >= 15 is 0 Å². The molecule has 0 heterocycles. The van der Waals surface area contributed by atoms with Crippen molar-refractivity contribution in [2.24, 2.45) is 0 Å². The van der Waals surface area contributed by atoms with Gasteiger partial charge in [-0.3, -0.25) is 4.79 Å². The van der Waals surface area contributed by atoms with Crippen LogP contribution in [0.5, 0.6) is 0 Å². The molecule has 0 bridgehead atoms. The standard InChI is InChI=1S/C18H22N2O3S/c1-4-15-7-9-16(10-8-15)19-18(21)14(3)20-24(22,23)17-11-5-13(2)6-12-17/h5-12,14,20H,4H2,1-3H3,(H,19,21)/t14-/m0/s1. The molecule has 2 aromatic carbocycles. The number of hydrogen-bond donors (Lipinski definition) is 2. The first-order chi connectivity index (χ1) is 11.3. The second kappa shape index (κ2) is 7.59. The monoisotopic (exact) mass is 346 g/mol. The van der Waals surface area contributed by atoms with Gasteiger partial charge in [-0.05, 0) is 50.1 Å². The molecule has 2 aromatic rings. The van der Waals surface area contributed by atoms with Gasteiger partial charge in [0.15, 0.2) is 0 Å². The second-order valence-electron chi connectivity index (χ2n) is 5.70. The highest BCUT2D eigenvalue weighted by Crippen LogP contribution is 2.12. The molecule has 0 saturated heterocycles. The quantitative estimate of drug-likeness (QED) is 0.844. The van der Waals surface area contributed by atoms with Gasteiger partial charge in [0.1, 0.15) is 0 Å². The molecule has 0 aromatic heterocycles. The molecule has 0 aliphatic heterocycles. The number of rotatable bonds is 6. The number of nitrogens with one attached hydrogen (secondary N) is 2. The molecular formula is C18H22N2O3S. The number of benzene rings is 2. The van der Waals surface area contributed by atoms with Crippen molar-refractivity contribution in [3.05, 3.63) is 59.7 Å². The van der Waals surface area contributed by atoms with Gasteiger partial charge in [-0.25, -0.2) is 8.42 Å². The molecule has 0 unspecified atom stereocenters. The summed E-state index contributed by atoms with van der Waals surface area (Å²) < 4.78 is 27.0. The van der Waals surface area contributed by atoms with Crippen LogP contribution in [0.15, 0.2) is 53.4 Å². The van der Waals surface area contributed by atoms with Crippen molar-refractivity contribution >= 4 is 21.6 Å². The minimum absolute atomic E-state index is 0.139. The second-order valence-corrected chi connectivity index (χ2v) is 7.41. The molecular weight excluding hydrogens is 324 g/mol. The van der Waals surface area contributed by atoms with Crippen molar-refractivity contribution in [3.63, 3.8) is 0 Å². The lowest BCUT2D eigenvalue weighted by molar-refractivity contribution is -0.117. The highest BCUT2D eigenvalue weighted by molar-refractivity contribution is 7.89. The summed E-state index contributed by atoms with van der Waals surface area (Å²) in [7, 11) is -3.74. The van der Waals surface area contributed by atoms with Crippen LogP contribution in [0.4, 0.5) is 5.69 Å². The normalized spacial score (nSPS) is 12.6. The molecule has 2 rings (SSSR count). The fourth-order valence-corrected chi connectivity index (χ4v) is 3.35. The summed E-state index contributed by atoms with van der Waals surface area (Å²) in [6.45, 7) is 5.45. The van der Waals surface area contributed by atoms with Crippen molar-refractivity contribution in [1.29, 1.82) is 0 Å². The number of carbonyl (C=O) groups is 1. The average Bonchev–Trinajstić information content (AvgIpc) is 2.55. The number of amides is 1. The van der Waals surface area contributed by atoms with Gasteiger partial charge in [-0.1, -0.05) is 36.8 Å². The Kier molecular flexibility index (Phi) is 5.75. The number of hydrogen-bond acceptors (Lipinski definition) is 3. The van der Waals surface area contributed by atoms with Gasteiger partial charge in [0.2, 0.25) is 15.9 Å². The lowest BCUT2D eigenvalue weighted by Gasteiger charge is -2.15. The van der Waals surface area contributed by atoms with E-state index in [0.29, 0.717) is 5.69 Å². The van der Waals surface area contributed by atoms with Gasteiger partial charge in [-0.15, -0.1) is 0 Å². The van der Waals surface area contributed by atoms with Gasteiger partial charge >= 0.3 is 0 Å². The van der Waals surface area contributed by atoms with Crippen molar-refractivity contribution < 1.29 is 13.2 Å². The maximum absolute atomic E-state index is 12.3. The van der Waals surface area contributed by atoms with E-state index in [1.54, 1.807) is 24.3 Å². The summed E-state index contributed by atoms with van der Waals surface area (Å²) >= 11 is 0. The average molecular weight is 346 g/mol. The molecule has 24 heavy (non-hydrogen) atoms. The summed E-state index contributed by atoms with van der Waals surface area (Å²) in [5.41, 5.74) is 2.77. The highest BCUT2D eigenvalue weighted by atomic mass is 32.2. The first-order valence-corrected chi connectivity index (χ1v) is 9.29. The zero-order valence-corrected chi connectivity index (χ0v) is 14.9. The van der Waals surface area contributed by atoms with E-state index in [-0.39, 0.29) is 4.90 Å². The van der Waals surface area contributed by atoms with Crippen molar-refractivity contribution in [3.8, 4) is 0 Å². The lowest BCUT2D eigenvalue weighted by atomic mass is 10.1. The molecule has 6 heteroatoms. The van der Waals surface area contributed by atoms with Gasteiger partial charge in [0.25, 0.3) is 0 Å². The Labute approximate surface area is 143 Å². The maximum Gasteiger partial charge on any atom is 0.242 e. The van der Waals surface area contributed by atoms with Gasteiger partial charge < -0.3 is 5.32 Å². The lowest BCUT2D eigenvalue weighted by Crippen LogP contribution is -2.41. The van der Waals surface area contributed by atoms with Crippen LogP contribution >= 0.6 is 0 Å². The Hall–Kier alpha value is -2.18. The largest absolute Gasteiger partial charge is 0.325 e. The van der Waals surface area contributed by atoms with Crippen LogP contribution in [-0.2, 0) is 21.2 Å². The summed E-state index contributed by atoms with van der Waals surface area (Å²) in [6.07, 6.45) is 0.918. The fraction of sp³-hybridized carbons (Fsp3) is 0.278. The van der Waals surface area contributed by atoms with Crippen LogP contribution < -0.4 is 10.0 Å². The number of sulfonamides is 1. The van der Waals surface area contributed by atoms with Crippen molar-refractivity contribution in [2.45, 2.75) is 38.1 Å². The third kappa shape index (κ3) is 4.66. The Balaban J connectivity index is 2.03. The number of carbonyl (C=O) groups excluding carboxylic acids is 1. The molecule has 128 valence electrons. The van der Waals surface area contributed by atoms with E-state index in [0.717, 1.165) is 12.0 Å². The van der Waals surface area contributed by atoms with Crippen LogP contribution in [0.3, 0.4) is 0 Å². The van der Waals surface area contributed by atoms with Crippen LogP contribution in [0.1, 0.15) is 25.0 Å². The predicted molar refractivity (Wildman–Crippen MR) is 95.4 cm³/mol. The smallest absolute Gasteiger partial charge is 0.242 e. The third-order valence-electron chi connectivity index (χ3n) is 3.69. The Morgan fingerprint density at radius 1 is 1.04 bits per heavy atom. The molecule has 1 amide bonds. The van der Waals surface area contributed by atoms with Gasteiger partial charge in [0, 0.05) is 5.69 Å². The van der Waals surface area contributed by atoms with Gasteiger partial charge in [0.05, 0.1) is 10.9 Å². The summed E-state index contributed by atoms with van der Waals surface area (Å²) in [5.74, 6) is -0.407.